The number of thiophene rings is 4. The number of benzene rings is 4. The summed E-state index contributed by atoms with van der Waals surface area (Å²) in [5.41, 5.74) is 63.4. The zero-order valence-electron chi connectivity index (χ0n) is 73.3. The van der Waals surface area contributed by atoms with Gasteiger partial charge in [-0.15, -0.1) is 45.3 Å². The maximum absolute atomic E-state index is 15.0. The van der Waals surface area contributed by atoms with Gasteiger partial charge in [0.15, 0.2) is 0 Å². The molecule has 4 amide bonds. The van der Waals surface area contributed by atoms with Gasteiger partial charge in [0.1, 0.15) is 93.1 Å². The fourth-order valence-corrected chi connectivity index (χ4v) is 22.2. The van der Waals surface area contributed by atoms with E-state index in [1.54, 1.807) is 34.6 Å². The molecule has 12 atom stereocenters. The topological polar surface area (TPSA) is 467 Å². The van der Waals surface area contributed by atoms with Crippen LogP contribution in [0.3, 0.4) is 0 Å². The summed E-state index contributed by atoms with van der Waals surface area (Å²) in [6.45, 7) is 13.9. The summed E-state index contributed by atoms with van der Waals surface area (Å²) in [5, 5.41) is 14.5. The van der Waals surface area contributed by atoms with Crippen molar-refractivity contribution >= 4 is 155 Å². The fourth-order valence-electron chi connectivity index (χ4n) is 18.1. The van der Waals surface area contributed by atoms with Gasteiger partial charge in [-0.3, -0.25) is 19.2 Å². The van der Waals surface area contributed by atoms with Gasteiger partial charge in [0.25, 0.3) is 23.6 Å². The molecule has 38 heteroatoms. The fraction of sp³-hybridized carbons (Fsp3) is 0.402. The third kappa shape index (κ3) is 18.9. The van der Waals surface area contributed by atoms with Crippen LogP contribution in [-0.2, 0) is 51.1 Å². The largest absolute Gasteiger partial charge is 0.491 e. The molecule has 12 aromatic rings. The number of nitrogen functional groups attached to an aromatic ring is 4. The van der Waals surface area contributed by atoms with E-state index in [4.69, 9.17) is 79.0 Å². The average molecular weight is 1850 g/mol. The minimum atomic E-state index is -0.372. The molecular formula is C92H107F2N21O11S4. The Morgan fingerprint density at radius 3 is 1.15 bits per heavy atom. The molecule has 8 aromatic heterocycles. The first kappa shape index (κ1) is 90.4. The number of nitrogens with two attached hydrogens (primary N) is 8. The van der Waals surface area contributed by atoms with Crippen molar-refractivity contribution in [2.75, 3.05) is 143 Å². The first-order valence-electron chi connectivity index (χ1n) is 43.2. The van der Waals surface area contributed by atoms with Crippen LogP contribution in [0.25, 0.3) is 41.0 Å². The number of amides is 4. The van der Waals surface area contributed by atoms with E-state index in [0.29, 0.717) is 139 Å². The lowest BCUT2D eigenvalue weighted by atomic mass is 9.87. The second-order valence-electron chi connectivity index (χ2n) is 34.4. The van der Waals surface area contributed by atoms with Crippen LogP contribution in [0.15, 0.2) is 103 Å². The zero-order chi connectivity index (χ0) is 91.4. The molecular weight excluding hydrogens is 1740 g/mol. The molecule has 0 radical (unpaired) electrons. The second kappa shape index (κ2) is 38.1. The predicted molar refractivity (Wildman–Crippen MR) is 507 cm³/mol. The molecule has 32 nitrogen and oxygen atoms in total. The zero-order valence-corrected chi connectivity index (χ0v) is 76.6. The van der Waals surface area contributed by atoms with Gasteiger partial charge >= 0.3 is 0 Å². The van der Waals surface area contributed by atoms with Crippen molar-refractivity contribution in [3.05, 3.63) is 185 Å². The van der Waals surface area contributed by atoms with Crippen molar-refractivity contribution < 1.29 is 61.1 Å². The summed E-state index contributed by atoms with van der Waals surface area (Å²) in [6.07, 6.45) is 5.58. The first-order chi connectivity index (χ1) is 62.5. The smallest absolute Gasteiger partial charge is 0.263 e. The number of ether oxygens (including phenoxy) is 7. The molecule has 20 N–H and O–H groups in total. The Morgan fingerprint density at radius 2 is 0.738 bits per heavy atom. The number of halogens is 2. The van der Waals surface area contributed by atoms with Gasteiger partial charge in [-0.2, -0.15) is 0 Å². The molecule has 130 heavy (non-hydrogen) atoms. The van der Waals surface area contributed by atoms with Crippen molar-refractivity contribution in [3.8, 4) is 17.2 Å². The number of carbonyl (C=O) groups is 4. The molecule has 4 saturated heterocycles. The minimum absolute atomic E-state index is 0.00723. The highest BCUT2D eigenvalue weighted by Gasteiger charge is 2.39. The lowest BCUT2D eigenvalue weighted by molar-refractivity contribution is 0.0911. The lowest BCUT2D eigenvalue weighted by Gasteiger charge is -2.28. The van der Waals surface area contributed by atoms with E-state index in [-0.39, 0.29) is 121 Å². The molecule has 8 aliphatic rings. The third-order valence-electron chi connectivity index (χ3n) is 25.3. The van der Waals surface area contributed by atoms with Crippen molar-refractivity contribution in [2.24, 2.45) is 22.9 Å². The highest BCUT2D eigenvalue weighted by molar-refractivity contribution is 7.22. The molecule has 0 spiro atoms. The highest BCUT2D eigenvalue weighted by Crippen LogP contribution is 2.42. The summed E-state index contributed by atoms with van der Waals surface area (Å²) >= 11 is 5.13. The van der Waals surface area contributed by atoms with E-state index in [2.05, 4.69) is 86.3 Å². The van der Waals surface area contributed by atoms with Gasteiger partial charge in [-0.05, 0) is 137 Å². The Morgan fingerprint density at radius 1 is 0.392 bits per heavy atom. The Bertz CT molecular complexity index is 5940. The van der Waals surface area contributed by atoms with Crippen LogP contribution in [-0.4, -0.2) is 222 Å². The lowest BCUT2D eigenvalue weighted by Crippen LogP contribution is -2.43. The number of rotatable bonds is 16. The standard InChI is InChI=1S/C24H29N5O2S.2C23H26FN5O3S.C22H26N6O3S/c1-13-3-8-18-21(26)22(32-24(18)27-13)23(30)28-16-6-4-15-10-17(7-5-14(15)9-16)29-11-19(25)20(12-29)31-2;2*1-11-3-4-14-20(26)21(33-23(14)27-11)22(30)28-12-5-15-16(24)6-13(7-18(15)32-10-12)29-8-17(25)19(9-29)31-2;1-11-7-25-19-18(24)20(32-22(19)26-11)21(29)27-13-5-12-3-4-14(6-16(12)31-10-13)28-8-15(23)17(9-28)30-2/h3,5,7-8,10,16,19-20H,4,6,9,11-12,25-26H2,1-2H3,(H,28,30);2*3-4,6-7,12,17,19H,5,8-10,25-26H2,1-2H3,(H,28,30);3-4,6-7,13,15,17H,5,8-10,23-24H2,1-2H3,(H,27,29)/t16-,19+,20-;12-,17+,19-;12-,17-,19+;13-,15+,17-/m0111/s1. The van der Waals surface area contributed by atoms with E-state index in [9.17, 15) is 19.2 Å². The molecule has 684 valence electrons. The Kier molecular flexibility index (Phi) is 26.5. The molecule has 7 aliphatic heterocycles. The maximum Gasteiger partial charge on any atom is 0.263 e. The average Bonchev–Trinajstić information content (AvgIpc) is 1.44. The number of nitrogens with zero attached hydrogens (tertiary/aromatic N) is 9. The van der Waals surface area contributed by atoms with Crippen molar-refractivity contribution in [2.45, 2.75) is 139 Å². The molecule has 1 aliphatic carbocycles. The number of fused-ring (bicyclic) bond motifs is 8. The van der Waals surface area contributed by atoms with Crippen LogP contribution in [0, 0.1) is 39.3 Å². The van der Waals surface area contributed by atoms with Crippen molar-refractivity contribution in [1.82, 2.24) is 46.2 Å². The number of hydrogen-bond acceptors (Lipinski definition) is 32. The van der Waals surface area contributed by atoms with Crippen molar-refractivity contribution in [1.29, 1.82) is 0 Å². The number of aromatic nitrogens is 5. The van der Waals surface area contributed by atoms with Crippen LogP contribution < -0.4 is 101 Å². The van der Waals surface area contributed by atoms with E-state index >= 15 is 8.78 Å². The molecule has 0 bridgehead atoms. The maximum atomic E-state index is 15.0. The number of methoxy groups -OCH3 is 4. The van der Waals surface area contributed by atoms with E-state index < -0.39 is 0 Å². The summed E-state index contributed by atoms with van der Waals surface area (Å²) in [6, 6.07) is 29.7. The van der Waals surface area contributed by atoms with E-state index in [0.717, 1.165) is 116 Å². The van der Waals surface area contributed by atoms with E-state index in [1.807, 2.05) is 92.1 Å². The summed E-state index contributed by atoms with van der Waals surface area (Å²) in [5.74, 6) is 0.150. The predicted octanol–water partition coefficient (Wildman–Crippen LogP) is 8.56. The van der Waals surface area contributed by atoms with Crippen LogP contribution in [0.5, 0.6) is 17.2 Å². The van der Waals surface area contributed by atoms with Crippen LogP contribution >= 0.6 is 45.3 Å². The number of aryl methyl sites for hydroxylation is 5. The minimum Gasteiger partial charge on any atom is -0.491 e. The van der Waals surface area contributed by atoms with Crippen molar-refractivity contribution in [3.63, 3.8) is 0 Å². The van der Waals surface area contributed by atoms with Gasteiger partial charge in [0, 0.05) is 191 Å². The van der Waals surface area contributed by atoms with Gasteiger partial charge in [-0.1, -0.05) is 12.1 Å². The number of nitrogens with one attached hydrogen (secondary N) is 4. The third-order valence-corrected chi connectivity index (χ3v) is 29.7. The van der Waals surface area contributed by atoms with Gasteiger partial charge in [0.05, 0.1) is 95.2 Å². The second-order valence-corrected chi connectivity index (χ2v) is 38.4. The highest BCUT2D eigenvalue weighted by atomic mass is 32.1. The van der Waals surface area contributed by atoms with Gasteiger partial charge in [0.2, 0.25) is 0 Å². The summed E-state index contributed by atoms with van der Waals surface area (Å²) < 4.78 is 69.5. The molecule has 0 saturated carbocycles. The van der Waals surface area contributed by atoms with Crippen LogP contribution in [0.1, 0.15) is 95.7 Å². The Labute approximate surface area is 765 Å². The molecule has 4 fully saturated rings. The SMILES string of the molecule is CO[C@@H]1CN(c2cc(F)c3c(c2)OC[C@H](NC(=O)c2sc4nc(C)ccc4c2N)C3)C[C@@H]1N.CO[C@@H]1CN(c2ccc3c(c2)OC[C@H](NC(=O)c2sc4nc(C)cnc4c2N)C3)C[C@@H]1N.CO[C@H]1CN(c2cc(F)c3c(c2)OC[C@H](NC(=O)c2sc4nc(C)ccc4c2N)C3)C[C@H]1N.CO[C@H]1CN(c2ccc3c(c2)CC[C@H](NC(=O)c2sc4nc(C)ccc4c2N)C3)C[C@H]1N. The molecule has 15 heterocycles. The van der Waals surface area contributed by atoms with Gasteiger partial charge in [-0.25, -0.2) is 33.7 Å². The first-order valence-corrected chi connectivity index (χ1v) is 46.4. The Balaban J connectivity index is 0.000000121. The normalized spacial score (nSPS) is 22.5. The number of anilines is 8. The quantitative estimate of drug-likeness (QED) is 0.0431. The number of carbonyl (C=O) groups excluding carboxylic acids is 4. The van der Waals surface area contributed by atoms with E-state index in [1.165, 1.54) is 74.3 Å². The molecule has 0 unspecified atom stereocenters. The summed E-state index contributed by atoms with van der Waals surface area (Å²) in [4.78, 5) is 87.1. The Hall–Kier alpha value is -11.5. The molecule has 20 rings (SSSR count). The van der Waals surface area contributed by atoms with Crippen LogP contribution in [0.4, 0.5) is 54.3 Å². The number of pyridine rings is 3. The molecule has 4 aromatic carbocycles. The van der Waals surface area contributed by atoms with Crippen LogP contribution in [0.2, 0.25) is 0 Å². The summed E-state index contributed by atoms with van der Waals surface area (Å²) in [7, 11) is 6.67. The monoisotopic (exact) mass is 1850 g/mol. The van der Waals surface area contributed by atoms with Gasteiger partial charge < -0.3 is 120 Å². The number of hydrogen-bond donors (Lipinski definition) is 12.